The number of aliphatic hydroxyl groups is 2. The van der Waals surface area contributed by atoms with Gasteiger partial charge < -0.3 is 15.0 Å². The third kappa shape index (κ3) is 2.72. The lowest BCUT2D eigenvalue weighted by molar-refractivity contribution is -0.199. The fourth-order valence-electron chi connectivity index (χ4n) is 7.25. The Morgan fingerprint density at radius 2 is 1.72 bits per heavy atom. The third-order valence-corrected chi connectivity index (χ3v) is 9.31. The van der Waals surface area contributed by atoms with Crippen LogP contribution in [0.1, 0.15) is 79.6 Å². The van der Waals surface area contributed by atoms with Gasteiger partial charge in [-0.1, -0.05) is 34.6 Å². The summed E-state index contributed by atoms with van der Waals surface area (Å²) in [6.45, 7) is 11.3. The van der Waals surface area contributed by atoms with Gasteiger partial charge in [0.05, 0.1) is 12.2 Å². The molecule has 0 aromatic carbocycles. The summed E-state index contributed by atoms with van der Waals surface area (Å²) < 4.78 is 0. The van der Waals surface area contributed by atoms with Gasteiger partial charge in [0, 0.05) is 6.42 Å². The molecule has 0 bridgehead atoms. The number of rotatable bonds is 3. The van der Waals surface area contributed by atoms with Crippen molar-refractivity contribution >= 4 is 6.29 Å². The number of carbonyl (C=O) groups is 1. The summed E-state index contributed by atoms with van der Waals surface area (Å²) in [6, 6.07) is 0. The van der Waals surface area contributed by atoms with Gasteiger partial charge in [0.15, 0.2) is 0 Å². The monoisotopic (exact) mass is 350 g/mol. The van der Waals surface area contributed by atoms with Crippen LogP contribution in [0.2, 0.25) is 0 Å². The highest BCUT2D eigenvalue weighted by molar-refractivity contribution is 5.49. The lowest BCUT2D eigenvalue weighted by Gasteiger charge is -2.64. The summed E-state index contributed by atoms with van der Waals surface area (Å²) in [7, 11) is 0. The van der Waals surface area contributed by atoms with Crippen molar-refractivity contribution in [2.75, 3.05) is 0 Å². The first-order chi connectivity index (χ1) is 11.6. The van der Waals surface area contributed by atoms with Crippen molar-refractivity contribution in [3.8, 4) is 0 Å². The Morgan fingerprint density at radius 3 is 2.36 bits per heavy atom. The van der Waals surface area contributed by atoms with E-state index in [9.17, 15) is 15.0 Å². The van der Waals surface area contributed by atoms with Crippen LogP contribution in [0, 0.1) is 39.9 Å². The molecule has 2 N–H and O–H groups in total. The van der Waals surface area contributed by atoms with E-state index in [-0.39, 0.29) is 34.4 Å². The van der Waals surface area contributed by atoms with Crippen molar-refractivity contribution in [1.29, 1.82) is 0 Å². The van der Waals surface area contributed by atoms with Crippen LogP contribution >= 0.6 is 0 Å². The molecule has 3 saturated carbocycles. The number of aldehydes is 1. The minimum Gasteiger partial charge on any atom is -0.393 e. The van der Waals surface area contributed by atoms with E-state index < -0.39 is 0 Å². The Bertz CT molecular complexity index is 515. The summed E-state index contributed by atoms with van der Waals surface area (Å²) >= 11 is 0. The van der Waals surface area contributed by atoms with E-state index in [1.165, 1.54) is 0 Å². The minimum absolute atomic E-state index is 0.0333. The molecule has 0 aliphatic heterocycles. The van der Waals surface area contributed by atoms with Crippen LogP contribution < -0.4 is 0 Å². The van der Waals surface area contributed by atoms with E-state index in [0.29, 0.717) is 24.2 Å². The standard InChI is InChI=1S/C22H38O3/c1-14(10-13-23)21(4)11-8-16-15(19(21)25)6-7-17-20(2,3)18(24)9-12-22(16,17)5/h13-19,24-25H,6-12H2,1-5H3/t14?,15?,16?,17?,18?,19?,21-,22-/m1/s1. The molecule has 8 atom stereocenters. The Hall–Kier alpha value is -0.410. The van der Waals surface area contributed by atoms with Crippen LogP contribution in [0.3, 0.4) is 0 Å². The molecule has 3 aliphatic rings. The Kier molecular flexibility index (Phi) is 4.90. The SMILES string of the molecule is CC(CC=O)[C@@]1(C)CCC2C(CCC3C(C)(C)C(O)CC[C@]23C)C1O. The highest BCUT2D eigenvalue weighted by Crippen LogP contribution is 2.65. The van der Waals surface area contributed by atoms with Gasteiger partial charge in [-0.15, -0.1) is 0 Å². The van der Waals surface area contributed by atoms with Crippen LogP contribution in [0.25, 0.3) is 0 Å². The third-order valence-electron chi connectivity index (χ3n) is 9.31. The van der Waals surface area contributed by atoms with Gasteiger partial charge in [0.1, 0.15) is 6.29 Å². The van der Waals surface area contributed by atoms with Gasteiger partial charge in [0.25, 0.3) is 0 Å². The number of hydrogen-bond acceptors (Lipinski definition) is 3. The zero-order chi connectivity index (χ0) is 18.6. The highest BCUT2D eigenvalue weighted by atomic mass is 16.3. The number of hydrogen-bond donors (Lipinski definition) is 2. The molecule has 0 aromatic rings. The summed E-state index contributed by atoms with van der Waals surface area (Å²) in [5, 5.41) is 21.9. The molecule has 0 heterocycles. The maximum absolute atomic E-state index is 11.3. The minimum atomic E-state index is -0.311. The van der Waals surface area contributed by atoms with E-state index >= 15 is 0 Å². The molecule has 25 heavy (non-hydrogen) atoms. The molecule has 3 aliphatic carbocycles. The maximum atomic E-state index is 11.3. The average molecular weight is 351 g/mol. The Labute approximate surface area is 153 Å². The molecule has 0 saturated heterocycles. The molecular weight excluding hydrogens is 312 g/mol. The first-order valence-corrected chi connectivity index (χ1v) is 10.4. The van der Waals surface area contributed by atoms with Crippen LogP contribution in [-0.4, -0.2) is 28.7 Å². The average Bonchev–Trinajstić information content (AvgIpc) is 2.55. The van der Waals surface area contributed by atoms with Gasteiger partial charge in [-0.25, -0.2) is 0 Å². The molecule has 3 fully saturated rings. The van der Waals surface area contributed by atoms with Gasteiger partial charge in [0.2, 0.25) is 0 Å². The first kappa shape index (κ1) is 19.4. The lowest BCUT2D eigenvalue weighted by atomic mass is 9.41. The van der Waals surface area contributed by atoms with E-state index in [1.54, 1.807) is 0 Å². The molecule has 3 nitrogen and oxygen atoms in total. The van der Waals surface area contributed by atoms with Crippen molar-refractivity contribution in [2.45, 2.75) is 91.8 Å². The van der Waals surface area contributed by atoms with Crippen LogP contribution in [0.15, 0.2) is 0 Å². The Balaban J connectivity index is 1.88. The second-order valence-electron chi connectivity index (χ2n) is 10.6. The first-order valence-electron chi connectivity index (χ1n) is 10.4. The van der Waals surface area contributed by atoms with Crippen molar-refractivity contribution in [2.24, 2.45) is 39.9 Å². The topological polar surface area (TPSA) is 57.5 Å². The predicted molar refractivity (Wildman–Crippen MR) is 100 cm³/mol. The normalized spacial score (nSPS) is 50.4. The number of aliphatic hydroxyl groups excluding tert-OH is 2. The molecule has 0 radical (unpaired) electrons. The van der Waals surface area contributed by atoms with Crippen LogP contribution in [0.4, 0.5) is 0 Å². The van der Waals surface area contributed by atoms with Crippen molar-refractivity contribution < 1.29 is 15.0 Å². The van der Waals surface area contributed by atoms with Gasteiger partial charge in [-0.05, 0) is 78.4 Å². The maximum Gasteiger partial charge on any atom is 0.120 e. The Morgan fingerprint density at radius 1 is 1.04 bits per heavy atom. The summed E-state index contributed by atoms with van der Waals surface area (Å²) in [5.74, 6) is 1.66. The smallest absolute Gasteiger partial charge is 0.120 e. The number of carbonyl (C=O) groups excluding carboxylic acids is 1. The zero-order valence-electron chi connectivity index (χ0n) is 16.8. The fourth-order valence-corrected chi connectivity index (χ4v) is 7.25. The predicted octanol–water partition coefficient (Wildman–Crippen LogP) is 4.20. The molecule has 0 spiro atoms. The molecule has 0 aromatic heterocycles. The molecule has 6 unspecified atom stereocenters. The molecule has 3 heteroatoms. The van der Waals surface area contributed by atoms with Crippen molar-refractivity contribution in [3.63, 3.8) is 0 Å². The van der Waals surface area contributed by atoms with Crippen LogP contribution in [-0.2, 0) is 4.79 Å². The van der Waals surface area contributed by atoms with E-state index in [2.05, 4.69) is 34.6 Å². The molecule has 144 valence electrons. The fraction of sp³-hybridized carbons (Fsp3) is 0.955. The summed E-state index contributed by atoms with van der Waals surface area (Å²) in [4.78, 5) is 11.0. The van der Waals surface area contributed by atoms with E-state index in [0.717, 1.165) is 44.8 Å². The second kappa shape index (κ2) is 6.34. The van der Waals surface area contributed by atoms with Crippen molar-refractivity contribution in [1.82, 2.24) is 0 Å². The summed E-state index contributed by atoms with van der Waals surface area (Å²) in [6.07, 6.45) is 7.35. The highest BCUT2D eigenvalue weighted by Gasteiger charge is 2.61. The molecule has 0 amide bonds. The van der Waals surface area contributed by atoms with Gasteiger partial charge in [-0.2, -0.15) is 0 Å². The van der Waals surface area contributed by atoms with E-state index in [1.807, 2.05) is 0 Å². The van der Waals surface area contributed by atoms with Crippen molar-refractivity contribution in [3.05, 3.63) is 0 Å². The lowest BCUT2D eigenvalue weighted by Crippen LogP contribution is -2.61. The number of fused-ring (bicyclic) bond motifs is 3. The second-order valence-corrected chi connectivity index (χ2v) is 10.6. The van der Waals surface area contributed by atoms with Gasteiger partial charge >= 0.3 is 0 Å². The quantitative estimate of drug-likeness (QED) is 0.750. The largest absolute Gasteiger partial charge is 0.393 e. The van der Waals surface area contributed by atoms with E-state index in [4.69, 9.17) is 0 Å². The summed E-state index contributed by atoms with van der Waals surface area (Å²) in [5.41, 5.74) is 0.0469. The molecular formula is C22H38O3. The van der Waals surface area contributed by atoms with Gasteiger partial charge in [-0.3, -0.25) is 0 Å². The van der Waals surface area contributed by atoms with Crippen LogP contribution in [0.5, 0.6) is 0 Å². The molecule has 3 rings (SSSR count). The zero-order valence-corrected chi connectivity index (χ0v) is 16.8.